The average molecular weight is 344 g/mol. The van der Waals surface area contributed by atoms with E-state index in [2.05, 4.69) is 77.1 Å². The fraction of sp³-hybridized carbons (Fsp3) is 0.360. The van der Waals surface area contributed by atoms with Gasteiger partial charge in [0.25, 0.3) is 0 Å². The number of hydrogen-bond acceptors (Lipinski definition) is 1. The molecule has 0 bridgehead atoms. The Morgan fingerprint density at radius 1 is 1.15 bits per heavy atom. The van der Waals surface area contributed by atoms with Gasteiger partial charge in [0.05, 0.1) is 0 Å². The molecule has 26 heavy (non-hydrogen) atoms. The molecule has 1 aliphatic heterocycles. The predicted octanol–water partition coefficient (Wildman–Crippen LogP) is 6.79. The Labute approximate surface area is 157 Å². The van der Waals surface area contributed by atoms with E-state index in [0.29, 0.717) is 0 Å². The minimum atomic E-state index is -0.222. The Hall–Kier alpha value is -2.28. The lowest BCUT2D eigenvalue weighted by Crippen LogP contribution is -2.32. The molecule has 0 spiro atoms. The van der Waals surface area contributed by atoms with E-state index in [1.165, 1.54) is 44.5 Å². The first-order chi connectivity index (χ1) is 12.4. The zero-order valence-electron chi connectivity index (χ0n) is 16.6. The van der Waals surface area contributed by atoms with Gasteiger partial charge < -0.3 is 4.74 Å². The van der Waals surface area contributed by atoms with E-state index in [-0.39, 0.29) is 5.60 Å². The van der Waals surface area contributed by atoms with Crippen LogP contribution in [0.2, 0.25) is 0 Å². The third-order valence-corrected chi connectivity index (χ3v) is 5.66. The largest absolute Gasteiger partial charge is 0.483 e. The Balaban J connectivity index is 1.71. The van der Waals surface area contributed by atoms with Crippen LogP contribution >= 0.6 is 0 Å². The topological polar surface area (TPSA) is 9.23 Å². The monoisotopic (exact) mass is 344 g/mol. The molecule has 1 nitrogen and oxygen atoms in total. The smallest absolute Gasteiger partial charge is 0.131 e. The molecule has 0 fully saturated rings. The normalized spacial score (nSPS) is 19.4. The minimum Gasteiger partial charge on any atom is -0.483 e. The highest BCUT2D eigenvalue weighted by Crippen LogP contribution is 2.46. The van der Waals surface area contributed by atoms with Crippen LogP contribution in [0, 0.1) is 13.8 Å². The van der Waals surface area contributed by atoms with Crippen LogP contribution in [0.3, 0.4) is 0 Å². The van der Waals surface area contributed by atoms with E-state index in [4.69, 9.17) is 4.74 Å². The summed E-state index contributed by atoms with van der Waals surface area (Å²) < 4.78 is 6.56. The standard InChI is InChI=1S/C25H28O/c1-16(2)7-6-11-25(5)12-10-21-23-15-19-13-17(3)8-9-20(19)22(23)14-18(4)24(21)26-25/h7-10,12-14H,6,11,15H2,1-5H3. The highest BCUT2D eigenvalue weighted by molar-refractivity contribution is 5.84. The molecule has 2 aliphatic rings. The third-order valence-electron chi connectivity index (χ3n) is 5.66. The van der Waals surface area contributed by atoms with Crippen molar-refractivity contribution in [1.82, 2.24) is 0 Å². The lowest BCUT2D eigenvalue weighted by atomic mass is 9.90. The highest BCUT2D eigenvalue weighted by atomic mass is 16.5. The molecule has 0 N–H and O–H groups in total. The van der Waals surface area contributed by atoms with E-state index < -0.39 is 0 Å². The van der Waals surface area contributed by atoms with E-state index in [9.17, 15) is 0 Å². The van der Waals surface area contributed by atoms with E-state index in [1.54, 1.807) is 0 Å². The van der Waals surface area contributed by atoms with E-state index in [1.807, 2.05) is 0 Å². The summed E-state index contributed by atoms with van der Waals surface area (Å²) in [5.74, 6) is 1.08. The van der Waals surface area contributed by atoms with Gasteiger partial charge in [0.15, 0.2) is 0 Å². The summed E-state index contributed by atoms with van der Waals surface area (Å²) in [6, 6.07) is 9.15. The summed E-state index contributed by atoms with van der Waals surface area (Å²) in [5.41, 5.74) is 10.7. The van der Waals surface area contributed by atoms with Crippen LogP contribution < -0.4 is 4.74 Å². The van der Waals surface area contributed by atoms with Crippen molar-refractivity contribution in [3.8, 4) is 16.9 Å². The lowest BCUT2D eigenvalue weighted by Gasteiger charge is -2.33. The van der Waals surface area contributed by atoms with Gasteiger partial charge in [-0.3, -0.25) is 0 Å². The molecular formula is C25H28O. The predicted molar refractivity (Wildman–Crippen MR) is 111 cm³/mol. The molecule has 0 amide bonds. The number of rotatable bonds is 3. The molecular weight excluding hydrogens is 316 g/mol. The van der Waals surface area contributed by atoms with Gasteiger partial charge in [-0.1, -0.05) is 41.5 Å². The minimum absolute atomic E-state index is 0.222. The molecule has 1 heteroatoms. The van der Waals surface area contributed by atoms with Gasteiger partial charge in [0.1, 0.15) is 11.4 Å². The maximum atomic E-state index is 6.56. The number of fused-ring (bicyclic) bond motifs is 5. The summed E-state index contributed by atoms with van der Waals surface area (Å²) in [5, 5.41) is 0. The fourth-order valence-corrected chi connectivity index (χ4v) is 4.24. The van der Waals surface area contributed by atoms with Crippen molar-refractivity contribution >= 4 is 6.08 Å². The van der Waals surface area contributed by atoms with E-state index >= 15 is 0 Å². The Morgan fingerprint density at radius 2 is 1.96 bits per heavy atom. The zero-order valence-corrected chi connectivity index (χ0v) is 16.6. The van der Waals surface area contributed by atoms with Crippen molar-refractivity contribution in [2.45, 2.75) is 59.5 Å². The molecule has 2 aromatic carbocycles. The molecule has 1 atom stereocenters. The van der Waals surface area contributed by atoms with Crippen LogP contribution in [-0.2, 0) is 6.42 Å². The molecule has 134 valence electrons. The van der Waals surface area contributed by atoms with Gasteiger partial charge in [0.2, 0.25) is 0 Å². The fourth-order valence-electron chi connectivity index (χ4n) is 4.24. The molecule has 0 aromatic heterocycles. The van der Waals surface area contributed by atoms with Gasteiger partial charge in [-0.25, -0.2) is 0 Å². The van der Waals surface area contributed by atoms with E-state index in [0.717, 1.165) is 25.0 Å². The molecule has 1 aliphatic carbocycles. The van der Waals surface area contributed by atoms with Gasteiger partial charge in [0, 0.05) is 5.56 Å². The number of allylic oxidation sites excluding steroid dienone is 2. The van der Waals surface area contributed by atoms with Gasteiger partial charge in [-0.2, -0.15) is 0 Å². The first-order valence-electron chi connectivity index (χ1n) is 9.64. The first-order valence-corrected chi connectivity index (χ1v) is 9.64. The quantitative estimate of drug-likeness (QED) is 0.476. The second kappa shape index (κ2) is 6.16. The van der Waals surface area contributed by atoms with Crippen molar-refractivity contribution in [2.75, 3.05) is 0 Å². The second-order valence-electron chi connectivity index (χ2n) is 8.37. The summed E-state index contributed by atoms with van der Waals surface area (Å²) in [6.07, 6.45) is 9.94. The molecule has 1 unspecified atom stereocenters. The number of benzene rings is 2. The Bertz CT molecular complexity index is 941. The third kappa shape index (κ3) is 2.90. The lowest BCUT2D eigenvalue weighted by molar-refractivity contribution is 0.127. The Kier molecular flexibility index (Phi) is 4.06. The second-order valence-corrected chi connectivity index (χ2v) is 8.37. The zero-order chi connectivity index (χ0) is 18.5. The average Bonchev–Trinajstić information content (AvgIpc) is 2.92. The van der Waals surface area contributed by atoms with Gasteiger partial charge >= 0.3 is 0 Å². The summed E-state index contributed by atoms with van der Waals surface area (Å²) in [7, 11) is 0. The van der Waals surface area contributed by atoms with Gasteiger partial charge in [-0.05, 0) is 93.8 Å². The van der Waals surface area contributed by atoms with Crippen LogP contribution in [0.4, 0.5) is 0 Å². The van der Waals surface area contributed by atoms with Crippen LogP contribution in [0.15, 0.2) is 42.0 Å². The Morgan fingerprint density at radius 3 is 2.73 bits per heavy atom. The van der Waals surface area contributed by atoms with Gasteiger partial charge in [-0.15, -0.1) is 0 Å². The number of hydrogen-bond donors (Lipinski definition) is 0. The first kappa shape index (κ1) is 17.1. The number of aryl methyl sites for hydroxylation is 2. The molecule has 4 rings (SSSR count). The van der Waals surface area contributed by atoms with Crippen LogP contribution in [0.1, 0.15) is 61.4 Å². The van der Waals surface area contributed by atoms with Crippen molar-refractivity contribution < 1.29 is 4.74 Å². The van der Waals surface area contributed by atoms with Crippen molar-refractivity contribution in [2.24, 2.45) is 0 Å². The van der Waals surface area contributed by atoms with Crippen LogP contribution in [0.25, 0.3) is 17.2 Å². The molecule has 1 heterocycles. The highest BCUT2D eigenvalue weighted by Gasteiger charge is 2.31. The molecule has 0 radical (unpaired) electrons. The molecule has 2 aromatic rings. The van der Waals surface area contributed by atoms with Crippen molar-refractivity contribution in [3.05, 3.63) is 69.8 Å². The maximum absolute atomic E-state index is 6.56. The van der Waals surface area contributed by atoms with Crippen LogP contribution in [-0.4, -0.2) is 5.60 Å². The SMILES string of the molecule is CC(C)=CCCC1(C)C=Cc2c3c(cc(C)c2O1)-c1ccc(C)cc1C3. The number of ether oxygens (including phenoxy) is 1. The summed E-state index contributed by atoms with van der Waals surface area (Å²) >= 11 is 0. The molecule has 0 saturated heterocycles. The van der Waals surface area contributed by atoms with Crippen molar-refractivity contribution in [3.63, 3.8) is 0 Å². The van der Waals surface area contributed by atoms with Crippen LogP contribution in [0.5, 0.6) is 5.75 Å². The maximum Gasteiger partial charge on any atom is 0.131 e. The molecule has 0 saturated carbocycles. The van der Waals surface area contributed by atoms with Crippen molar-refractivity contribution in [1.29, 1.82) is 0 Å². The summed E-state index contributed by atoms with van der Waals surface area (Å²) in [6.45, 7) is 10.9. The summed E-state index contributed by atoms with van der Waals surface area (Å²) in [4.78, 5) is 0.